The van der Waals surface area contributed by atoms with Crippen molar-refractivity contribution in [2.45, 2.75) is 12.8 Å². The molecule has 13 heavy (non-hydrogen) atoms. The number of ether oxygens (including phenoxy) is 1. The summed E-state index contributed by atoms with van der Waals surface area (Å²) in [6.45, 7) is 2.70. The fourth-order valence-corrected chi connectivity index (χ4v) is 1.63. The standard InChI is InChI=1S/C8H14N4O/c1-13-6-5-12-4-2-3-7-8(12)10-11-9-7/h2-6H2,1H3,(H,9,10,11). The Morgan fingerprint density at radius 3 is 3.31 bits per heavy atom. The van der Waals surface area contributed by atoms with Crippen molar-refractivity contribution in [2.24, 2.45) is 0 Å². The number of fused-ring (bicyclic) bond motifs is 1. The van der Waals surface area contributed by atoms with E-state index in [1.165, 1.54) is 0 Å². The third-order valence-electron chi connectivity index (χ3n) is 2.31. The number of anilines is 1. The highest BCUT2D eigenvalue weighted by atomic mass is 16.5. The number of aromatic amines is 1. The van der Waals surface area contributed by atoms with E-state index in [1.807, 2.05) is 0 Å². The minimum Gasteiger partial charge on any atom is -0.383 e. The number of H-pyrrole nitrogens is 1. The molecule has 0 fully saturated rings. The highest BCUT2D eigenvalue weighted by Gasteiger charge is 2.19. The van der Waals surface area contributed by atoms with Crippen molar-refractivity contribution in [3.8, 4) is 0 Å². The van der Waals surface area contributed by atoms with Gasteiger partial charge in [-0.05, 0) is 12.8 Å². The van der Waals surface area contributed by atoms with Crippen molar-refractivity contribution in [3.05, 3.63) is 5.69 Å². The Hall–Kier alpha value is -1.10. The second-order valence-electron chi connectivity index (χ2n) is 3.18. The number of aryl methyl sites for hydroxylation is 1. The van der Waals surface area contributed by atoms with Crippen LogP contribution in [0.25, 0.3) is 0 Å². The molecule has 1 aliphatic heterocycles. The van der Waals surface area contributed by atoms with Gasteiger partial charge >= 0.3 is 0 Å². The molecule has 5 nitrogen and oxygen atoms in total. The van der Waals surface area contributed by atoms with Gasteiger partial charge in [0.15, 0.2) is 5.82 Å². The number of methoxy groups -OCH3 is 1. The van der Waals surface area contributed by atoms with Crippen molar-refractivity contribution in [1.29, 1.82) is 0 Å². The van der Waals surface area contributed by atoms with Gasteiger partial charge in [-0.15, -0.1) is 5.10 Å². The summed E-state index contributed by atoms with van der Waals surface area (Å²) in [7, 11) is 1.72. The van der Waals surface area contributed by atoms with Gasteiger partial charge in [-0.2, -0.15) is 10.3 Å². The molecule has 1 aromatic heterocycles. The van der Waals surface area contributed by atoms with E-state index in [1.54, 1.807) is 7.11 Å². The van der Waals surface area contributed by atoms with Crippen LogP contribution in [0.3, 0.4) is 0 Å². The van der Waals surface area contributed by atoms with E-state index >= 15 is 0 Å². The molecular weight excluding hydrogens is 168 g/mol. The van der Waals surface area contributed by atoms with E-state index in [4.69, 9.17) is 4.74 Å². The normalized spacial score (nSPS) is 15.9. The average Bonchev–Trinajstić information content (AvgIpc) is 2.62. The number of nitrogens with one attached hydrogen (secondary N) is 1. The highest BCUT2D eigenvalue weighted by molar-refractivity contribution is 5.44. The van der Waals surface area contributed by atoms with Crippen LogP contribution in [0.1, 0.15) is 12.1 Å². The van der Waals surface area contributed by atoms with Gasteiger partial charge in [-0.3, -0.25) is 0 Å². The minimum atomic E-state index is 0.742. The van der Waals surface area contributed by atoms with Crippen LogP contribution in [0.5, 0.6) is 0 Å². The molecule has 0 spiro atoms. The lowest BCUT2D eigenvalue weighted by Gasteiger charge is -2.25. The van der Waals surface area contributed by atoms with Crippen molar-refractivity contribution in [2.75, 3.05) is 31.7 Å². The number of aromatic nitrogens is 3. The molecule has 0 bridgehead atoms. The molecule has 1 aliphatic rings. The molecule has 2 heterocycles. The first kappa shape index (κ1) is 8.50. The first-order chi connectivity index (χ1) is 6.42. The SMILES string of the molecule is COCCN1CCCc2n[nH]nc21. The van der Waals surface area contributed by atoms with Crippen LogP contribution < -0.4 is 4.90 Å². The molecule has 0 radical (unpaired) electrons. The first-order valence-corrected chi connectivity index (χ1v) is 4.55. The van der Waals surface area contributed by atoms with Crippen LogP contribution in [-0.2, 0) is 11.2 Å². The van der Waals surface area contributed by atoms with Crippen LogP contribution in [-0.4, -0.2) is 42.2 Å². The maximum absolute atomic E-state index is 5.04. The molecule has 0 saturated carbocycles. The van der Waals surface area contributed by atoms with E-state index in [0.29, 0.717) is 0 Å². The monoisotopic (exact) mass is 182 g/mol. The fourth-order valence-electron chi connectivity index (χ4n) is 1.63. The Morgan fingerprint density at radius 1 is 1.54 bits per heavy atom. The van der Waals surface area contributed by atoms with Gasteiger partial charge in [-0.25, -0.2) is 0 Å². The second-order valence-corrected chi connectivity index (χ2v) is 3.18. The molecule has 0 atom stereocenters. The summed E-state index contributed by atoms with van der Waals surface area (Å²) in [6.07, 6.45) is 2.19. The second kappa shape index (κ2) is 3.74. The van der Waals surface area contributed by atoms with Gasteiger partial charge in [0.1, 0.15) is 5.69 Å². The quantitative estimate of drug-likeness (QED) is 0.725. The first-order valence-electron chi connectivity index (χ1n) is 4.55. The molecule has 5 heteroatoms. The molecule has 1 N–H and O–H groups in total. The summed E-state index contributed by atoms with van der Waals surface area (Å²) in [4.78, 5) is 2.21. The molecule has 0 aromatic carbocycles. The number of rotatable bonds is 3. The topological polar surface area (TPSA) is 54.0 Å². The van der Waals surface area contributed by atoms with E-state index in [9.17, 15) is 0 Å². The highest BCUT2D eigenvalue weighted by Crippen LogP contribution is 2.21. The third kappa shape index (κ3) is 1.65. The smallest absolute Gasteiger partial charge is 0.174 e. The lowest BCUT2D eigenvalue weighted by Crippen LogP contribution is -2.32. The Morgan fingerprint density at radius 2 is 2.46 bits per heavy atom. The van der Waals surface area contributed by atoms with E-state index in [-0.39, 0.29) is 0 Å². The molecule has 0 amide bonds. The Kier molecular flexibility index (Phi) is 2.44. The lowest BCUT2D eigenvalue weighted by atomic mass is 10.1. The van der Waals surface area contributed by atoms with E-state index < -0.39 is 0 Å². The molecule has 1 aromatic rings. The third-order valence-corrected chi connectivity index (χ3v) is 2.31. The number of hydrogen-bond donors (Lipinski definition) is 1. The van der Waals surface area contributed by atoms with E-state index in [2.05, 4.69) is 20.3 Å². The van der Waals surface area contributed by atoms with Crippen molar-refractivity contribution in [3.63, 3.8) is 0 Å². The zero-order chi connectivity index (χ0) is 9.10. The van der Waals surface area contributed by atoms with Gasteiger partial charge < -0.3 is 9.64 Å². The Labute approximate surface area is 77.1 Å². The minimum absolute atomic E-state index is 0.742. The van der Waals surface area contributed by atoms with Gasteiger partial charge in [0, 0.05) is 20.2 Å². The predicted molar refractivity (Wildman–Crippen MR) is 48.8 cm³/mol. The zero-order valence-corrected chi connectivity index (χ0v) is 7.79. The van der Waals surface area contributed by atoms with Gasteiger partial charge in [-0.1, -0.05) is 0 Å². The maximum Gasteiger partial charge on any atom is 0.174 e. The largest absolute Gasteiger partial charge is 0.383 e. The van der Waals surface area contributed by atoms with Crippen LogP contribution >= 0.6 is 0 Å². The van der Waals surface area contributed by atoms with Gasteiger partial charge in [0.05, 0.1) is 6.61 Å². The summed E-state index contributed by atoms with van der Waals surface area (Å²) in [6, 6.07) is 0. The average molecular weight is 182 g/mol. The van der Waals surface area contributed by atoms with Crippen molar-refractivity contribution >= 4 is 5.82 Å². The Bertz CT molecular complexity index is 273. The summed E-state index contributed by atoms with van der Waals surface area (Å²) in [5.74, 6) is 1.00. The van der Waals surface area contributed by atoms with Crippen LogP contribution in [0.2, 0.25) is 0 Å². The summed E-state index contributed by atoms with van der Waals surface area (Å²) >= 11 is 0. The molecule has 0 aliphatic carbocycles. The summed E-state index contributed by atoms with van der Waals surface area (Å²) < 4.78 is 5.04. The van der Waals surface area contributed by atoms with Gasteiger partial charge in [0.25, 0.3) is 0 Å². The Balaban J connectivity index is 2.07. The molecular formula is C8H14N4O. The lowest BCUT2D eigenvalue weighted by molar-refractivity contribution is 0.204. The van der Waals surface area contributed by atoms with Crippen molar-refractivity contribution in [1.82, 2.24) is 15.4 Å². The maximum atomic E-state index is 5.04. The van der Waals surface area contributed by atoms with Gasteiger partial charge in [0.2, 0.25) is 0 Å². The molecule has 0 unspecified atom stereocenters. The van der Waals surface area contributed by atoms with Crippen LogP contribution in [0, 0.1) is 0 Å². The fraction of sp³-hybridized carbons (Fsp3) is 0.750. The number of nitrogens with zero attached hydrogens (tertiary/aromatic N) is 3. The molecule has 0 saturated heterocycles. The molecule has 2 rings (SSSR count). The molecule has 72 valence electrons. The van der Waals surface area contributed by atoms with Crippen LogP contribution in [0.4, 0.5) is 5.82 Å². The van der Waals surface area contributed by atoms with E-state index in [0.717, 1.165) is 44.0 Å². The van der Waals surface area contributed by atoms with Crippen molar-refractivity contribution < 1.29 is 4.74 Å². The van der Waals surface area contributed by atoms with Crippen LogP contribution in [0.15, 0.2) is 0 Å². The zero-order valence-electron chi connectivity index (χ0n) is 7.79. The number of hydrogen-bond acceptors (Lipinski definition) is 4. The summed E-state index contributed by atoms with van der Waals surface area (Å²) in [5.41, 5.74) is 1.09. The predicted octanol–water partition coefficient (Wildman–Crippen LogP) is 0.204. The summed E-state index contributed by atoms with van der Waals surface area (Å²) in [5, 5.41) is 10.9.